The Hall–Kier alpha value is -4.75. The molecule has 0 spiro atoms. The Bertz CT molecular complexity index is 1720. The van der Waals surface area contributed by atoms with Crippen LogP contribution in [0.3, 0.4) is 0 Å². The molecule has 1 aromatic heterocycles. The number of carbonyl (C=O) groups excluding carboxylic acids is 1. The molecule has 11 nitrogen and oxygen atoms in total. The molecule has 0 aliphatic heterocycles. The van der Waals surface area contributed by atoms with Crippen LogP contribution in [0.25, 0.3) is 5.69 Å². The van der Waals surface area contributed by atoms with Crippen molar-refractivity contribution in [2.24, 2.45) is 0 Å². The van der Waals surface area contributed by atoms with Gasteiger partial charge in [-0.3, -0.25) is 4.79 Å². The molecule has 3 aromatic carbocycles. The Labute approximate surface area is 241 Å². The highest BCUT2D eigenvalue weighted by atomic mass is 32.2. The van der Waals surface area contributed by atoms with E-state index >= 15 is 0 Å². The zero-order valence-corrected chi connectivity index (χ0v) is 24.0. The molecule has 0 saturated heterocycles. The number of benzene rings is 3. The quantitative estimate of drug-likeness (QED) is 0.215. The maximum Gasteiger partial charge on any atom is 0.356 e. The minimum Gasteiger partial charge on any atom is -0.497 e. The predicted molar refractivity (Wildman–Crippen MR) is 153 cm³/mol. The van der Waals surface area contributed by atoms with Crippen molar-refractivity contribution < 1.29 is 37.0 Å². The Morgan fingerprint density at radius 3 is 2.33 bits per heavy atom. The van der Waals surface area contributed by atoms with E-state index in [2.05, 4.69) is 15.1 Å². The number of amides is 1. The van der Waals surface area contributed by atoms with E-state index in [1.54, 1.807) is 31.2 Å². The molecule has 3 N–H and O–H groups in total. The largest absolute Gasteiger partial charge is 0.497 e. The van der Waals surface area contributed by atoms with E-state index in [1.807, 2.05) is 6.92 Å². The second-order valence-electron chi connectivity index (χ2n) is 9.35. The molecule has 0 aliphatic rings. The maximum atomic E-state index is 13.6. The van der Waals surface area contributed by atoms with Crippen molar-refractivity contribution in [3.63, 3.8) is 0 Å². The molecule has 0 radical (unpaired) electrons. The fraction of sp³-hybridized carbons (Fsp3) is 0.207. The lowest BCUT2D eigenvalue weighted by Crippen LogP contribution is -2.32. The van der Waals surface area contributed by atoms with E-state index in [1.165, 1.54) is 56.5 Å². The standard InChI is InChI=1S/C29H29FN4O7S/c1-5-17(2)33-42(38,39)25-16-21(31-27(35)19-6-13-23(40-4)14-7-19)10-15-24(25)41-28-18(3)26(29(36)37)32-34(28)22-11-8-20(30)9-12-22/h6-17,33H,5H2,1-4H3,(H,31,35)(H,36,37)/t17-/m0/s1. The first-order valence-electron chi connectivity index (χ1n) is 12.8. The topological polar surface area (TPSA) is 149 Å². The van der Waals surface area contributed by atoms with Crippen molar-refractivity contribution in [3.05, 3.63) is 89.4 Å². The highest BCUT2D eigenvalue weighted by Crippen LogP contribution is 2.35. The smallest absolute Gasteiger partial charge is 0.356 e. The molecular formula is C29H29FN4O7S. The molecule has 0 aliphatic carbocycles. The van der Waals surface area contributed by atoms with Crippen LogP contribution in [0.15, 0.2) is 71.6 Å². The van der Waals surface area contributed by atoms with Crippen LogP contribution in [-0.4, -0.2) is 48.3 Å². The minimum atomic E-state index is -4.20. The van der Waals surface area contributed by atoms with Gasteiger partial charge in [-0.15, -0.1) is 0 Å². The molecule has 1 atom stereocenters. The summed E-state index contributed by atoms with van der Waals surface area (Å²) in [6.07, 6.45) is 0.502. The Morgan fingerprint density at radius 1 is 1.07 bits per heavy atom. The number of sulfonamides is 1. The number of carboxylic acid groups (broad SMARTS) is 1. The minimum absolute atomic E-state index is 0.0889. The van der Waals surface area contributed by atoms with Gasteiger partial charge < -0.3 is 19.9 Å². The molecule has 220 valence electrons. The average molecular weight is 597 g/mol. The number of nitrogens with one attached hydrogen (secondary N) is 2. The third kappa shape index (κ3) is 6.58. The number of halogens is 1. The maximum absolute atomic E-state index is 13.6. The average Bonchev–Trinajstić information content (AvgIpc) is 3.29. The Kier molecular flexibility index (Phi) is 8.93. The summed E-state index contributed by atoms with van der Waals surface area (Å²) in [6, 6.07) is 15.1. The Morgan fingerprint density at radius 2 is 1.74 bits per heavy atom. The van der Waals surface area contributed by atoms with Gasteiger partial charge in [-0.2, -0.15) is 9.78 Å². The van der Waals surface area contributed by atoms with Crippen LogP contribution < -0.4 is 19.5 Å². The molecule has 0 fully saturated rings. The SMILES string of the molecule is CC[C@H](C)NS(=O)(=O)c1cc(NC(=O)c2ccc(OC)cc2)ccc1Oc1c(C)c(C(=O)O)nn1-c1ccc(F)cc1. The van der Waals surface area contributed by atoms with Crippen LogP contribution in [-0.2, 0) is 10.0 Å². The first-order chi connectivity index (χ1) is 19.9. The van der Waals surface area contributed by atoms with Gasteiger partial charge in [-0.1, -0.05) is 6.92 Å². The van der Waals surface area contributed by atoms with Crippen LogP contribution in [0.5, 0.6) is 17.4 Å². The normalized spacial score (nSPS) is 12.0. The van der Waals surface area contributed by atoms with Crippen LogP contribution >= 0.6 is 0 Å². The van der Waals surface area contributed by atoms with Gasteiger partial charge in [0, 0.05) is 22.9 Å². The zero-order chi connectivity index (χ0) is 30.6. The molecule has 0 saturated carbocycles. The molecular weight excluding hydrogens is 567 g/mol. The lowest BCUT2D eigenvalue weighted by molar-refractivity contribution is 0.0689. The third-order valence-electron chi connectivity index (χ3n) is 6.36. The van der Waals surface area contributed by atoms with Gasteiger partial charge in [-0.05, 0) is 87.0 Å². The van der Waals surface area contributed by atoms with Gasteiger partial charge in [-0.25, -0.2) is 22.3 Å². The third-order valence-corrected chi connectivity index (χ3v) is 7.97. The van der Waals surface area contributed by atoms with Gasteiger partial charge in [0.1, 0.15) is 22.2 Å². The number of hydrogen-bond acceptors (Lipinski definition) is 7. The van der Waals surface area contributed by atoms with E-state index in [-0.39, 0.29) is 39.2 Å². The van der Waals surface area contributed by atoms with Crippen molar-refractivity contribution in [3.8, 4) is 23.1 Å². The number of aromatic nitrogens is 2. The number of nitrogens with zero attached hydrogens (tertiary/aromatic N) is 2. The number of methoxy groups -OCH3 is 1. The molecule has 1 amide bonds. The van der Waals surface area contributed by atoms with Crippen LogP contribution in [0.1, 0.15) is 46.7 Å². The second-order valence-corrected chi connectivity index (χ2v) is 11.0. The summed E-state index contributed by atoms with van der Waals surface area (Å²) in [5.74, 6) is -2.01. The molecule has 0 bridgehead atoms. The van der Waals surface area contributed by atoms with Gasteiger partial charge in [0.05, 0.1) is 12.8 Å². The number of carboxylic acids is 1. The summed E-state index contributed by atoms with van der Waals surface area (Å²) < 4.78 is 55.5. The fourth-order valence-electron chi connectivity index (χ4n) is 3.90. The summed E-state index contributed by atoms with van der Waals surface area (Å²) in [5, 5.41) is 16.5. The van der Waals surface area contributed by atoms with Crippen molar-refractivity contribution in [2.75, 3.05) is 12.4 Å². The van der Waals surface area contributed by atoms with Crippen LogP contribution in [0.4, 0.5) is 10.1 Å². The van der Waals surface area contributed by atoms with Crippen molar-refractivity contribution in [2.45, 2.75) is 38.1 Å². The molecule has 13 heteroatoms. The van der Waals surface area contributed by atoms with E-state index in [0.717, 1.165) is 4.68 Å². The Balaban J connectivity index is 1.79. The molecule has 4 rings (SSSR count). The summed E-state index contributed by atoms with van der Waals surface area (Å²) >= 11 is 0. The fourth-order valence-corrected chi connectivity index (χ4v) is 5.38. The number of carbonyl (C=O) groups is 2. The van der Waals surface area contributed by atoms with Crippen LogP contribution in [0, 0.1) is 12.7 Å². The molecule has 42 heavy (non-hydrogen) atoms. The van der Waals surface area contributed by atoms with Crippen molar-refractivity contribution in [1.82, 2.24) is 14.5 Å². The van der Waals surface area contributed by atoms with Gasteiger partial charge >= 0.3 is 5.97 Å². The van der Waals surface area contributed by atoms with E-state index in [4.69, 9.17) is 9.47 Å². The summed E-state index contributed by atoms with van der Waals surface area (Å²) in [4.78, 5) is 24.4. The lowest BCUT2D eigenvalue weighted by Gasteiger charge is -2.17. The van der Waals surface area contributed by atoms with Gasteiger partial charge in [0.15, 0.2) is 5.69 Å². The van der Waals surface area contributed by atoms with Crippen molar-refractivity contribution >= 4 is 27.6 Å². The summed E-state index contributed by atoms with van der Waals surface area (Å²) in [5.41, 5.74) is 0.551. The first-order valence-corrected chi connectivity index (χ1v) is 14.3. The summed E-state index contributed by atoms with van der Waals surface area (Å²) in [6.45, 7) is 4.97. The number of rotatable bonds is 11. The zero-order valence-electron chi connectivity index (χ0n) is 23.2. The monoisotopic (exact) mass is 596 g/mol. The number of ether oxygens (including phenoxy) is 2. The van der Waals surface area contributed by atoms with E-state index in [9.17, 15) is 27.5 Å². The number of hydrogen-bond donors (Lipinski definition) is 3. The van der Waals surface area contributed by atoms with Crippen molar-refractivity contribution in [1.29, 1.82) is 0 Å². The van der Waals surface area contributed by atoms with Gasteiger partial charge in [0.2, 0.25) is 15.9 Å². The number of anilines is 1. The highest BCUT2D eigenvalue weighted by molar-refractivity contribution is 7.89. The van der Waals surface area contributed by atoms with Gasteiger partial charge in [0.25, 0.3) is 5.91 Å². The molecule has 0 unspecified atom stereocenters. The van der Waals surface area contributed by atoms with E-state index < -0.39 is 33.8 Å². The number of aromatic carboxylic acids is 1. The predicted octanol–water partition coefficient (Wildman–Crippen LogP) is 5.15. The molecule has 4 aromatic rings. The molecule has 1 heterocycles. The van der Waals surface area contributed by atoms with E-state index in [0.29, 0.717) is 17.7 Å². The van der Waals surface area contributed by atoms with Crippen LogP contribution in [0.2, 0.25) is 0 Å². The second kappa shape index (κ2) is 12.4. The summed E-state index contributed by atoms with van der Waals surface area (Å²) in [7, 11) is -2.69. The lowest BCUT2D eigenvalue weighted by atomic mass is 10.2. The highest BCUT2D eigenvalue weighted by Gasteiger charge is 2.27. The first kappa shape index (κ1) is 30.2.